The summed E-state index contributed by atoms with van der Waals surface area (Å²) in [7, 11) is 0. The van der Waals surface area contributed by atoms with Crippen LogP contribution < -0.4 is 4.18 Å². The van der Waals surface area contributed by atoms with E-state index in [-0.39, 0.29) is 17.8 Å². The molecule has 0 aliphatic rings. The van der Waals surface area contributed by atoms with Crippen LogP contribution >= 0.6 is 0 Å². The molecule has 0 fully saturated rings. The van der Waals surface area contributed by atoms with Crippen molar-refractivity contribution in [2.45, 2.75) is 19.1 Å². The number of hydrogen-bond acceptors (Lipinski definition) is 6. The summed E-state index contributed by atoms with van der Waals surface area (Å²) in [6.45, 7) is 1.47. The van der Waals surface area contributed by atoms with Crippen molar-refractivity contribution in [3.05, 3.63) is 66.0 Å². The van der Waals surface area contributed by atoms with Gasteiger partial charge in [-0.05, 0) is 36.2 Å². The van der Waals surface area contributed by atoms with Crippen molar-refractivity contribution < 1.29 is 22.0 Å². The summed E-state index contributed by atoms with van der Waals surface area (Å²) >= 11 is -2.98. The molecule has 0 aliphatic heterocycles. The van der Waals surface area contributed by atoms with Gasteiger partial charge >= 0.3 is 5.76 Å². The summed E-state index contributed by atoms with van der Waals surface area (Å²) in [5, 5.41) is 9.67. The molecule has 1 aromatic carbocycles. The molecule has 0 radical (unpaired) electrons. The number of ketones is 1. The number of nitriles is 1. The number of halogens is 2. The van der Waals surface area contributed by atoms with E-state index in [0.29, 0.717) is 22.4 Å². The van der Waals surface area contributed by atoms with E-state index in [1.54, 1.807) is 42.5 Å². The number of carbonyl (C=O) groups is 1. The number of rotatable bonds is 7. The van der Waals surface area contributed by atoms with Gasteiger partial charge in [-0.1, -0.05) is 24.3 Å². The third-order valence-corrected chi connectivity index (χ3v) is 4.68. The van der Waals surface area contributed by atoms with Gasteiger partial charge in [-0.2, -0.15) is 14.0 Å². The van der Waals surface area contributed by atoms with Gasteiger partial charge in [0, 0.05) is 29.9 Å². The maximum Gasteiger partial charge on any atom is 0.347 e. The van der Waals surface area contributed by atoms with Crippen molar-refractivity contribution in [3.63, 3.8) is 0 Å². The van der Waals surface area contributed by atoms with Gasteiger partial charge in [0.2, 0.25) is 5.88 Å². The lowest BCUT2D eigenvalue weighted by molar-refractivity contribution is -0.116. The minimum absolute atomic E-state index is 0.0313. The molecule has 2 aromatic heterocycles. The lowest BCUT2D eigenvalue weighted by atomic mass is 9.96. The van der Waals surface area contributed by atoms with E-state index in [0.717, 1.165) is 5.56 Å². The van der Waals surface area contributed by atoms with Crippen LogP contribution in [0.25, 0.3) is 22.4 Å². The third-order valence-electron chi connectivity index (χ3n) is 4.07. The summed E-state index contributed by atoms with van der Waals surface area (Å²) in [5.41, 5.74) is 2.43. The van der Waals surface area contributed by atoms with Crippen LogP contribution in [0.2, 0.25) is 0 Å². The summed E-state index contributed by atoms with van der Waals surface area (Å²) in [6.07, 6.45) is 3.26. The predicted molar refractivity (Wildman–Crippen MR) is 107 cm³/mol. The summed E-state index contributed by atoms with van der Waals surface area (Å²) < 4.78 is 42.0. The number of benzene rings is 1. The molecular weight excluding hydrogens is 412 g/mol. The maximum absolute atomic E-state index is 12.8. The molecule has 30 heavy (non-hydrogen) atoms. The van der Waals surface area contributed by atoms with Gasteiger partial charge in [-0.15, -0.1) is 0 Å². The number of carbonyl (C=O) groups excluding carboxylic acids is 1. The second-order valence-electron chi connectivity index (χ2n) is 6.27. The summed E-state index contributed by atoms with van der Waals surface area (Å²) in [4.78, 5) is 19.5. The number of Topliss-reactive ketones (excluding diaryl/α,β-unsaturated/α-hetero) is 1. The van der Waals surface area contributed by atoms with E-state index in [1.165, 1.54) is 19.3 Å². The topological polar surface area (TPSA) is 92.9 Å². The third kappa shape index (κ3) is 4.90. The fraction of sp³-hybridized carbons (Fsp3) is 0.143. The first-order valence-electron chi connectivity index (χ1n) is 8.70. The number of hydrogen-bond donors (Lipinski definition) is 0. The number of aromatic nitrogens is 2. The first kappa shape index (κ1) is 21.2. The Morgan fingerprint density at radius 1 is 1.20 bits per heavy atom. The average molecular weight is 427 g/mol. The van der Waals surface area contributed by atoms with Gasteiger partial charge < -0.3 is 4.18 Å². The van der Waals surface area contributed by atoms with Crippen LogP contribution in [0.3, 0.4) is 0 Å². The van der Waals surface area contributed by atoms with Crippen LogP contribution in [-0.4, -0.2) is 25.7 Å². The molecule has 9 heteroatoms. The summed E-state index contributed by atoms with van der Waals surface area (Å²) in [5.74, 6) is -3.75. The molecule has 3 aromatic rings. The van der Waals surface area contributed by atoms with E-state index in [1.807, 2.05) is 6.07 Å². The van der Waals surface area contributed by atoms with Gasteiger partial charge in [0.25, 0.3) is 11.1 Å². The van der Waals surface area contributed by atoms with E-state index in [2.05, 4.69) is 9.97 Å². The van der Waals surface area contributed by atoms with Gasteiger partial charge in [0.05, 0.1) is 5.69 Å². The number of nitrogens with zero attached hydrogens (tertiary/aromatic N) is 3. The van der Waals surface area contributed by atoms with Crippen molar-refractivity contribution in [1.29, 1.82) is 5.26 Å². The smallest absolute Gasteiger partial charge is 0.347 e. The van der Waals surface area contributed by atoms with E-state index in [4.69, 9.17) is 4.18 Å². The first-order chi connectivity index (χ1) is 14.4. The number of pyridine rings is 2. The Hall–Kier alpha value is -3.51. The monoisotopic (exact) mass is 427 g/mol. The van der Waals surface area contributed by atoms with Crippen molar-refractivity contribution in [2.75, 3.05) is 0 Å². The summed E-state index contributed by atoms with van der Waals surface area (Å²) in [6, 6.07) is 13.7. The molecule has 0 saturated carbocycles. The minimum Gasteiger partial charge on any atom is -0.374 e. The lowest BCUT2D eigenvalue weighted by Gasteiger charge is -2.13. The molecule has 0 amide bonds. The van der Waals surface area contributed by atoms with E-state index in [9.17, 15) is 23.0 Å². The van der Waals surface area contributed by atoms with Crippen LogP contribution in [0.5, 0.6) is 5.88 Å². The fourth-order valence-corrected chi connectivity index (χ4v) is 3.19. The maximum atomic E-state index is 12.8. The largest absolute Gasteiger partial charge is 0.374 e. The average Bonchev–Trinajstić information content (AvgIpc) is 2.73. The van der Waals surface area contributed by atoms with Crippen LogP contribution in [-0.2, 0) is 22.3 Å². The molecule has 0 spiro atoms. The number of alkyl halides is 2. The standard InChI is InChI=1S/C21H15F2N3O3S/c1-13(27)9-14-3-2-4-16(10-14)17-11-19(15-5-7-25-8-6-15)26-20(18(17)12-24)29-30(28)21(22)23/h2-8,10-11,21H,9H2,1H3. The fourth-order valence-electron chi connectivity index (χ4n) is 2.84. The quantitative estimate of drug-likeness (QED) is 0.564. The zero-order valence-corrected chi connectivity index (χ0v) is 16.5. The zero-order chi connectivity index (χ0) is 21.7. The highest BCUT2D eigenvalue weighted by Crippen LogP contribution is 2.34. The molecule has 1 atom stereocenters. The Morgan fingerprint density at radius 2 is 1.93 bits per heavy atom. The zero-order valence-electron chi connectivity index (χ0n) is 15.7. The normalized spacial score (nSPS) is 11.7. The van der Waals surface area contributed by atoms with Gasteiger partial charge in [-0.25, -0.2) is 9.19 Å². The van der Waals surface area contributed by atoms with Crippen molar-refractivity contribution in [3.8, 4) is 34.3 Å². The van der Waals surface area contributed by atoms with Crippen LogP contribution in [0.1, 0.15) is 18.1 Å². The van der Waals surface area contributed by atoms with E-state index < -0.39 is 22.7 Å². The molecule has 2 heterocycles. The second kappa shape index (κ2) is 9.33. The minimum atomic E-state index is -3.26. The van der Waals surface area contributed by atoms with Crippen LogP contribution in [0.15, 0.2) is 54.9 Å². The molecular formula is C21H15F2N3O3S. The molecule has 1 unspecified atom stereocenters. The Morgan fingerprint density at radius 3 is 2.57 bits per heavy atom. The molecule has 0 saturated heterocycles. The second-order valence-corrected chi connectivity index (χ2v) is 7.31. The molecule has 6 nitrogen and oxygen atoms in total. The van der Waals surface area contributed by atoms with Crippen LogP contribution in [0, 0.1) is 11.3 Å². The van der Waals surface area contributed by atoms with Crippen molar-refractivity contribution >= 4 is 16.9 Å². The molecule has 0 N–H and O–H groups in total. The lowest BCUT2D eigenvalue weighted by Crippen LogP contribution is -2.12. The Kier molecular flexibility index (Phi) is 6.59. The molecule has 0 bridgehead atoms. The van der Waals surface area contributed by atoms with Gasteiger partial charge in [0.15, 0.2) is 0 Å². The highest BCUT2D eigenvalue weighted by atomic mass is 32.2. The molecule has 0 aliphatic carbocycles. The first-order valence-corrected chi connectivity index (χ1v) is 9.84. The highest BCUT2D eigenvalue weighted by Gasteiger charge is 2.22. The van der Waals surface area contributed by atoms with Crippen molar-refractivity contribution in [2.24, 2.45) is 0 Å². The Bertz CT molecular complexity index is 1150. The van der Waals surface area contributed by atoms with E-state index >= 15 is 0 Å². The van der Waals surface area contributed by atoms with Crippen LogP contribution in [0.4, 0.5) is 8.78 Å². The highest BCUT2D eigenvalue weighted by molar-refractivity contribution is 7.80. The molecule has 152 valence electrons. The predicted octanol–water partition coefficient (Wildman–Crippen LogP) is 4.08. The van der Waals surface area contributed by atoms with Gasteiger partial charge in [-0.3, -0.25) is 9.78 Å². The Balaban J connectivity index is 2.21. The van der Waals surface area contributed by atoms with Gasteiger partial charge in [0.1, 0.15) is 17.4 Å². The molecule has 3 rings (SSSR count). The Labute approximate surface area is 173 Å². The van der Waals surface area contributed by atoms with Crippen molar-refractivity contribution in [1.82, 2.24) is 9.97 Å². The SMILES string of the molecule is CC(=O)Cc1cccc(-c2cc(-c3ccncc3)nc(OS(=O)C(F)F)c2C#N)c1.